The van der Waals surface area contributed by atoms with Crippen molar-refractivity contribution in [3.05, 3.63) is 35.5 Å². The number of carbonyl (C=O) groups is 1. The first-order valence-corrected chi connectivity index (χ1v) is 8.91. The van der Waals surface area contributed by atoms with Crippen molar-refractivity contribution in [2.45, 2.75) is 39.7 Å². The van der Waals surface area contributed by atoms with Crippen molar-refractivity contribution >= 4 is 16.2 Å². The fourth-order valence-corrected chi connectivity index (χ4v) is 2.54. The first kappa shape index (κ1) is 20.7. The highest BCUT2D eigenvalue weighted by Crippen LogP contribution is 2.30. The molecule has 1 aliphatic carbocycles. The normalized spacial score (nSPS) is 22.4. The number of rotatable bonds is 9. The van der Waals surface area contributed by atoms with Crippen LogP contribution in [0.2, 0.25) is 0 Å². The number of ketones is 1. The van der Waals surface area contributed by atoms with E-state index in [1.807, 2.05) is 6.92 Å². The molecule has 0 spiro atoms. The van der Waals surface area contributed by atoms with Crippen LogP contribution in [0.15, 0.2) is 35.5 Å². The van der Waals surface area contributed by atoms with Gasteiger partial charge in [0.15, 0.2) is 5.78 Å². The van der Waals surface area contributed by atoms with Gasteiger partial charge >= 0.3 is 10.4 Å². The number of hydrogen-bond acceptors (Lipinski definition) is 6. The number of carbonyl (C=O) groups excluding carboxylic acids is 1. The quantitative estimate of drug-likeness (QED) is 0.222. The average Bonchev–Trinajstić information content (AvgIpc) is 2.47. The van der Waals surface area contributed by atoms with Gasteiger partial charge in [-0.15, -0.1) is 6.58 Å². The van der Waals surface area contributed by atoms with Crippen molar-refractivity contribution in [2.75, 3.05) is 13.2 Å². The molecule has 0 saturated heterocycles. The molecule has 0 amide bonds. The van der Waals surface area contributed by atoms with Crippen LogP contribution in [0, 0.1) is 5.92 Å². The Balaban J connectivity index is 2.82. The van der Waals surface area contributed by atoms with Crippen molar-refractivity contribution < 1.29 is 31.7 Å². The number of hydrogen-bond donors (Lipinski definition) is 1. The van der Waals surface area contributed by atoms with Crippen LogP contribution in [0.4, 0.5) is 0 Å². The monoisotopic (exact) mass is 360 g/mol. The maximum Gasteiger partial charge on any atom is 0.397 e. The van der Waals surface area contributed by atoms with E-state index in [1.165, 1.54) is 0 Å². The van der Waals surface area contributed by atoms with Crippen molar-refractivity contribution in [1.82, 2.24) is 0 Å². The Morgan fingerprint density at radius 1 is 1.50 bits per heavy atom. The van der Waals surface area contributed by atoms with Gasteiger partial charge < -0.3 is 0 Å². The van der Waals surface area contributed by atoms with Gasteiger partial charge in [-0.25, -0.2) is 14.0 Å². The lowest BCUT2D eigenvalue weighted by molar-refractivity contribution is -0.320. The van der Waals surface area contributed by atoms with Crippen LogP contribution in [-0.4, -0.2) is 38.1 Å². The van der Waals surface area contributed by atoms with Crippen molar-refractivity contribution in [3.63, 3.8) is 0 Å². The fourth-order valence-electron chi connectivity index (χ4n) is 2.26. The molecule has 0 fully saturated rings. The van der Waals surface area contributed by atoms with E-state index >= 15 is 0 Å². The van der Waals surface area contributed by atoms with Crippen molar-refractivity contribution in [1.29, 1.82) is 0 Å². The molecule has 7 nitrogen and oxygen atoms in total. The lowest BCUT2D eigenvalue weighted by atomic mass is 9.82. The molecule has 0 saturated carbocycles. The van der Waals surface area contributed by atoms with Gasteiger partial charge in [0.2, 0.25) is 0 Å². The fraction of sp³-hybridized carbons (Fsp3) is 0.562. The molecule has 0 aromatic carbocycles. The van der Waals surface area contributed by atoms with Gasteiger partial charge in [-0.1, -0.05) is 11.6 Å². The molecule has 0 radical (unpaired) electrons. The second-order valence-electron chi connectivity index (χ2n) is 5.73. The molecule has 0 bridgehead atoms. The van der Waals surface area contributed by atoms with E-state index in [0.29, 0.717) is 24.2 Å². The molecular formula is C16H24O7S. The average molecular weight is 360 g/mol. The number of allylic oxidation sites excluding steroid dienone is 2. The zero-order valence-electron chi connectivity index (χ0n) is 14.1. The standard InChI is InChI=1S/C16H24O7S/c1-5-13(10-22-24(18,19)20)14-9-15(17)12(4)8-16(14)23-21-7-6-11(2)3/h5,8,14,16H,2,6-7,9-10H2,1,3-4H3,(H,18,19,20)/b13-5-. The summed E-state index contributed by atoms with van der Waals surface area (Å²) in [6, 6.07) is 0. The van der Waals surface area contributed by atoms with Gasteiger partial charge in [0.1, 0.15) is 6.10 Å². The Morgan fingerprint density at radius 2 is 2.17 bits per heavy atom. The van der Waals surface area contributed by atoms with Crippen molar-refractivity contribution in [2.24, 2.45) is 5.92 Å². The summed E-state index contributed by atoms with van der Waals surface area (Å²) in [4.78, 5) is 22.6. The van der Waals surface area contributed by atoms with Gasteiger partial charge in [-0.05, 0) is 44.4 Å². The van der Waals surface area contributed by atoms with Gasteiger partial charge in [-0.3, -0.25) is 9.35 Å². The van der Waals surface area contributed by atoms with Crippen LogP contribution in [-0.2, 0) is 29.2 Å². The summed E-state index contributed by atoms with van der Waals surface area (Å²) >= 11 is 0. The zero-order valence-corrected chi connectivity index (χ0v) is 15.0. The summed E-state index contributed by atoms with van der Waals surface area (Å²) in [5, 5.41) is 0. The minimum atomic E-state index is -4.56. The third-order valence-electron chi connectivity index (χ3n) is 3.67. The highest BCUT2D eigenvalue weighted by atomic mass is 32.3. The maximum absolute atomic E-state index is 12.0. The predicted molar refractivity (Wildman–Crippen MR) is 88.4 cm³/mol. The summed E-state index contributed by atoms with van der Waals surface area (Å²) in [6.45, 7) is 8.99. The van der Waals surface area contributed by atoms with Crippen LogP contribution in [0.25, 0.3) is 0 Å². The largest absolute Gasteiger partial charge is 0.397 e. The predicted octanol–water partition coefficient (Wildman–Crippen LogP) is 2.57. The van der Waals surface area contributed by atoms with E-state index in [1.54, 1.807) is 26.0 Å². The summed E-state index contributed by atoms with van der Waals surface area (Å²) in [5.74, 6) is -0.495. The second-order valence-corrected chi connectivity index (χ2v) is 6.82. The summed E-state index contributed by atoms with van der Waals surface area (Å²) < 4.78 is 34.7. The second kappa shape index (κ2) is 9.24. The van der Waals surface area contributed by atoms with Crippen LogP contribution in [0.1, 0.15) is 33.6 Å². The van der Waals surface area contributed by atoms with Crippen molar-refractivity contribution in [3.8, 4) is 0 Å². The van der Waals surface area contributed by atoms with Gasteiger partial charge in [0, 0.05) is 12.3 Å². The van der Waals surface area contributed by atoms with Gasteiger partial charge in [0.25, 0.3) is 0 Å². The van der Waals surface area contributed by atoms with Crippen LogP contribution in [0.3, 0.4) is 0 Å². The Bertz CT molecular complexity index is 631. The lowest BCUT2D eigenvalue weighted by Gasteiger charge is -2.29. The first-order valence-electron chi connectivity index (χ1n) is 7.55. The molecule has 2 atom stereocenters. The molecule has 1 N–H and O–H groups in total. The van der Waals surface area contributed by atoms with Gasteiger partial charge in [0.05, 0.1) is 13.2 Å². The number of Topliss-reactive ketones (excluding diaryl/α,β-unsaturated/α-hetero) is 1. The van der Waals surface area contributed by atoms with E-state index in [2.05, 4.69) is 10.8 Å². The van der Waals surface area contributed by atoms with Crippen LogP contribution in [0.5, 0.6) is 0 Å². The molecule has 2 unspecified atom stereocenters. The molecular weight excluding hydrogens is 336 g/mol. The lowest BCUT2D eigenvalue weighted by Crippen LogP contribution is -2.33. The summed E-state index contributed by atoms with van der Waals surface area (Å²) in [7, 11) is -4.56. The SMILES string of the molecule is C=C(C)CCOOC1C=C(C)C(=O)CC1/C(=C\C)COS(=O)(=O)O. The van der Waals surface area contributed by atoms with E-state index in [0.717, 1.165) is 5.57 Å². The molecule has 0 aromatic rings. The minimum absolute atomic E-state index is 0.0620. The third-order valence-corrected chi connectivity index (χ3v) is 4.08. The van der Waals surface area contributed by atoms with Crippen LogP contribution >= 0.6 is 0 Å². The Hall–Kier alpha value is -1.32. The van der Waals surface area contributed by atoms with Gasteiger partial charge in [-0.2, -0.15) is 8.42 Å². The Labute approximate surface area is 142 Å². The minimum Gasteiger partial charge on any atom is -0.295 e. The Morgan fingerprint density at radius 3 is 2.71 bits per heavy atom. The Kier molecular flexibility index (Phi) is 7.98. The highest BCUT2D eigenvalue weighted by Gasteiger charge is 2.33. The summed E-state index contributed by atoms with van der Waals surface area (Å²) in [5.41, 5.74) is 2.04. The molecule has 136 valence electrons. The first-order chi connectivity index (χ1) is 11.1. The maximum atomic E-state index is 12.0. The topological polar surface area (TPSA) is 99.1 Å². The van der Waals surface area contributed by atoms with E-state index < -0.39 is 22.4 Å². The summed E-state index contributed by atoms with van der Waals surface area (Å²) in [6.07, 6.45) is 3.52. The van der Waals surface area contributed by atoms with Crippen LogP contribution < -0.4 is 0 Å². The molecule has 1 aliphatic rings. The highest BCUT2D eigenvalue weighted by molar-refractivity contribution is 7.80. The molecule has 1 rings (SSSR count). The molecule has 0 heterocycles. The van der Waals surface area contributed by atoms with E-state index in [4.69, 9.17) is 14.3 Å². The molecule has 24 heavy (non-hydrogen) atoms. The van der Waals surface area contributed by atoms with E-state index in [-0.39, 0.29) is 18.8 Å². The van der Waals surface area contributed by atoms with E-state index in [9.17, 15) is 13.2 Å². The third kappa shape index (κ3) is 7.06. The molecule has 8 heteroatoms. The zero-order chi connectivity index (χ0) is 18.3. The molecule has 0 aromatic heterocycles. The smallest absolute Gasteiger partial charge is 0.295 e. The molecule has 0 aliphatic heterocycles.